The lowest BCUT2D eigenvalue weighted by molar-refractivity contribution is -0.117. The number of ether oxygens (including phenoxy) is 3. The van der Waals surface area contributed by atoms with Gasteiger partial charge in [0.05, 0.1) is 31.7 Å². The Bertz CT molecular complexity index is 1500. The Morgan fingerprint density at radius 1 is 0.836 bits per heavy atom. The molecule has 55 heavy (non-hydrogen) atoms. The molecule has 0 aromatic heterocycles. The lowest BCUT2D eigenvalue weighted by atomic mass is 9.78. The molecule has 11 nitrogen and oxygen atoms in total. The van der Waals surface area contributed by atoms with Crippen molar-refractivity contribution in [3.05, 3.63) is 85.0 Å². The molecule has 0 aliphatic carbocycles. The quantitative estimate of drug-likeness (QED) is 0.0573. The molecule has 2 aromatic carbocycles. The highest BCUT2D eigenvalue weighted by atomic mass is 32.2. The van der Waals surface area contributed by atoms with Gasteiger partial charge in [-0.15, -0.1) is 6.58 Å². The fraction of sp³-hybridized carbons (Fsp3) is 0.605. The van der Waals surface area contributed by atoms with E-state index in [1.54, 1.807) is 26.8 Å². The van der Waals surface area contributed by atoms with Crippen LogP contribution in [0.5, 0.6) is 11.5 Å². The molecule has 2 atom stereocenters. The van der Waals surface area contributed by atoms with Crippen LogP contribution in [0.25, 0.3) is 0 Å². The van der Waals surface area contributed by atoms with Gasteiger partial charge in [-0.25, -0.2) is 0 Å². The fourth-order valence-corrected chi connectivity index (χ4v) is 5.43. The number of hydrogen-bond acceptors (Lipinski definition) is 10. The summed E-state index contributed by atoms with van der Waals surface area (Å²) in [5.41, 5.74) is 1.84. The van der Waals surface area contributed by atoms with Crippen molar-refractivity contribution in [3.8, 4) is 11.5 Å². The van der Waals surface area contributed by atoms with E-state index in [4.69, 9.17) is 19.3 Å². The lowest BCUT2D eigenvalue weighted by Crippen LogP contribution is -2.39. The van der Waals surface area contributed by atoms with Crippen molar-refractivity contribution >= 4 is 16.0 Å². The van der Waals surface area contributed by atoms with Crippen LogP contribution in [-0.4, -0.2) is 105 Å². The number of nitrogens with zero attached hydrogens (tertiary/aromatic N) is 1. The fourth-order valence-electron chi connectivity index (χ4n) is 4.52. The second-order valence-electron chi connectivity index (χ2n) is 17.1. The largest absolute Gasteiger partial charge is 0.493 e. The molecule has 3 rings (SSSR count). The van der Waals surface area contributed by atoms with E-state index in [2.05, 4.69) is 74.3 Å². The molecule has 3 N–H and O–H groups in total. The Labute approximate surface area is 333 Å². The minimum absolute atomic E-state index is 0.114. The third-order valence-corrected chi connectivity index (χ3v) is 8.27. The monoisotopic (exact) mass is 792 g/mol. The maximum Gasteiger partial charge on any atom is 0.264 e. The second-order valence-corrected chi connectivity index (χ2v) is 18.6. The van der Waals surface area contributed by atoms with E-state index in [0.717, 1.165) is 17.6 Å². The van der Waals surface area contributed by atoms with E-state index in [-0.39, 0.29) is 42.6 Å². The van der Waals surface area contributed by atoms with Crippen molar-refractivity contribution in [2.24, 2.45) is 5.92 Å². The SMILES string of the molecule is C=CC(=O)NC(C)(C)C.C=CCOCC(O)COc1ccc(C(C)(C)c2ccc(OCC(C)CO)cc2)cc1.CC(C)(C)N1CC1.CC(C)(C)OS(C)(=O)=O. The zero-order chi connectivity index (χ0) is 42.7. The van der Waals surface area contributed by atoms with Gasteiger partial charge in [0.2, 0.25) is 5.91 Å². The molecule has 1 aliphatic rings. The van der Waals surface area contributed by atoms with Crippen molar-refractivity contribution < 1.29 is 41.8 Å². The van der Waals surface area contributed by atoms with Crippen molar-refractivity contribution in [3.63, 3.8) is 0 Å². The third-order valence-electron chi connectivity index (χ3n) is 7.47. The summed E-state index contributed by atoms with van der Waals surface area (Å²) < 4.78 is 42.0. The van der Waals surface area contributed by atoms with Crippen molar-refractivity contribution in [2.75, 3.05) is 52.4 Å². The highest BCUT2D eigenvalue weighted by Crippen LogP contribution is 2.33. The third kappa shape index (κ3) is 26.3. The Balaban J connectivity index is 0.000000936. The molecule has 1 heterocycles. The van der Waals surface area contributed by atoms with Gasteiger partial charge in [-0.3, -0.25) is 13.9 Å². The van der Waals surface area contributed by atoms with Gasteiger partial charge < -0.3 is 29.7 Å². The summed E-state index contributed by atoms with van der Waals surface area (Å²) in [6, 6.07) is 16.0. The smallest absolute Gasteiger partial charge is 0.264 e. The summed E-state index contributed by atoms with van der Waals surface area (Å²) >= 11 is 0. The second kappa shape index (κ2) is 23.7. The highest BCUT2D eigenvalue weighted by molar-refractivity contribution is 7.86. The highest BCUT2D eigenvalue weighted by Gasteiger charge is 2.29. The molecule has 1 amide bonds. The van der Waals surface area contributed by atoms with E-state index in [9.17, 15) is 18.3 Å². The van der Waals surface area contributed by atoms with Crippen LogP contribution in [0.2, 0.25) is 0 Å². The minimum atomic E-state index is -3.28. The van der Waals surface area contributed by atoms with E-state index < -0.39 is 21.8 Å². The van der Waals surface area contributed by atoms with Gasteiger partial charge in [0.1, 0.15) is 24.2 Å². The van der Waals surface area contributed by atoms with Crippen LogP contribution >= 0.6 is 0 Å². The van der Waals surface area contributed by atoms with E-state index in [1.165, 1.54) is 24.7 Å². The number of nitrogens with one attached hydrogen (secondary N) is 1. The molecule has 2 unspecified atom stereocenters. The van der Waals surface area contributed by atoms with Crippen LogP contribution in [0.4, 0.5) is 0 Å². The minimum Gasteiger partial charge on any atom is -0.493 e. The van der Waals surface area contributed by atoms with E-state index >= 15 is 0 Å². The van der Waals surface area contributed by atoms with Crippen LogP contribution < -0.4 is 14.8 Å². The van der Waals surface area contributed by atoms with E-state index in [0.29, 0.717) is 24.5 Å². The van der Waals surface area contributed by atoms with Gasteiger partial charge in [-0.1, -0.05) is 57.7 Å². The maximum absolute atomic E-state index is 10.6. The number of carbonyl (C=O) groups is 1. The predicted molar refractivity (Wildman–Crippen MR) is 224 cm³/mol. The number of benzene rings is 2. The van der Waals surface area contributed by atoms with Crippen LogP contribution in [0.1, 0.15) is 94.2 Å². The van der Waals surface area contributed by atoms with Crippen molar-refractivity contribution in [1.82, 2.24) is 10.2 Å². The normalized spacial score (nSPS) is 14.2. The average molecular weight is 793 g/mol. The average Bonchev–Trinajstić information content (AvgIpc) is 3.92. The molecule has 0 bridgehead atoms. The van der Waals surface area contributed by atoms with Crippen LogP contribution in [-0.2, 0) is 29.2 Å². The molecule has 0 spiro atoms. The molecule has 1 saturated heterocycles. The molecule has 0 saturated carbocycles. The zero-order valence-corrected chi connectivity index (χ0v) is 36.7. The number of aliphatic hydroxyl groups is 2. The summed E-state index contributed by atoms with van der Waals surface area (Å²) in [6.45, 7) is 34.8. The van der Waals surface area contributed by atoms with Gasteiger partial charge in [0, 0.05) is 42.1 Å². The summed E-state index contributed by atoms with van der Waals surface area (Å²) in [7, 11) is -3.28. The maximum atomic E-state index is 10.6. The Morgan fingerprint density at radius 2 is 1.29 bits per heavy atom. The molecule has 314 valence electrons. The molecule has 1 aliphatic heterocycles. The molecule has 2 aromatic rings. The number of amides is 1. The predicted octanol–water partition coefficient (Wildman–Crippen LogP) is 6.91. The van der Waals surface area contributed by atoms with Crippen molar-refractivity contribution in [2.45, 2.75) is 111 Å². The number of rotatable bonds is 15. The molecule has 1 fully saturated rings. The Kier molecular flexibility index (Phi) is 22.3. The summed E-state index contributed by atoms with van der Waals surface area (Å²) in [5.74, 6) is 1.50. The topological polar surface area (TPSA) is 144 Å². The van der Waals surface area contributed by atoms with Gasteiger partial charge in [-0.2, -0.15) is 8.42 Å². The number of aliphatic hydroxyl groups excluding tert-OH is 2. The van der Waals surface area contributed by atoms with Gasteiger partial charge in [0.25, 0.3) is 10.1 Å². The summed E-state index contributed by atoms with van der Waals surface area (Å²) in [4.78, 5) is 13.0. The van der Waals surface area contributed by atoms with Crippen LogP contribution in [0.15, 0.2) is 73.8 Å². The molecule has 12 heteroatoms. The van der Waals surface area contributed by atoms with E-state index in [1.807, 2.05) is 64.1 Å². The molecular formula is C43H72N2O9S. The Morgan fingerprint density at radius 3 is 1.56 bits per heavy atom. The molecular weight excluding hydrogens is 721 g/mol. The lowest BCUT2D eigenvalue weighted by Gasteiger charge is -2.26. The number of carbonyl (C=O) groups excluding carboxylic acids is 1. The first-order valence-electron chi connectivity index (χ1n) is 18.7. The first-order valence-corrected chi connectivity index (χ1v) is 20.5. The summed E-state index contributed by atoms with van der Waals surface area (Å²) in [5, 5.41) is 21.7. The van der Waals surface area contributed by atoms with Crippen LogP contribution in [0, 0.1) is 5.92 Å². The van der Waals surface area contributed by atoms with Gasteiger partial charge >= 0.3 is 0 Å². The summed E-state index contributed by atoms with van der Waals surface area (Å²) in [6.07, 6.45) is 3.28. The standard InChI is InChI=1S/C25H34O5.C7H13NO.C6H13N.C5H12O3S/c1-5-14-28-17-22(27)18-30-24-12-8-21(9-13-24)25(3,4)20-6-10-23(11-7-20)29-16-19(2)15-26;1-5-6(9)8-7(2,3)4;1-6(2,3)7-4-5-7;1-5(2,3)8-9(4,6)7/h5-13,19,22,26-27H,1,14-18H2,2-4H3;5H,1H2,2-4H3,(H,8,9);4-5H2,1-3H3;1-4H3. The first kappa shape index (κ1) is 51.7. The van der Waals surface area contributed by atoms with Crippen molar-refractivity contribution in [1.29, 1.82) is 0 Å². The molecule has 0 radical (unpaired) electrons. The van der Waals surface area contributed by atoms with Crippen LogP contribution in [0.3, 0.4) is 0 Å². The zero-order valence-electron chi connectivity index (χ0n) is 35.9. The van der Waals surface area contributed by atoms with Gasteiger partial charge in [-0.05, 0) is 104 Å². The van der Waals surface area contributed by atoms with Gasteiger partial charge in [0.15, 0.2) is 0 Å². The number of hydrogen-bond donors (Lipinski definition) is 3. The Hall–Kier alpha value is -3.26. The first-order chi connectivity index (χ1) is 25.1.